The van der Waals surface area contributed by atoms with Crippen molar-refractivity contribution in [1.82, 2.24) is 0 Å². The average Bonchev–Trinajstić information content (AvgIpc) is 1.98. The van der Waals surface area contributed by atoms with Crippen molar-refractivity contribution in [3.63, 3.8) is 0 Å². The SMILES string of the molecule is CC1=C(/C=C/C(C)C)C(C)(C)CC(O)C1. The van der Waals surface area contributed by atoms with Crippen LogP contribution in [-0.2, 0) is 0 Å². The molecule has 0 saturated carbocycles. The Morgan fingerprint density at radius 3 is 2.47 bits per heavy atom. The van der Waals surface area contributed by atoms with Gasteiger partial charge in [-0.25, -0.2) is 0 Å². The summed E-state index contributed by atoms with van der Waals surface area (Å²) in [4.78, 5) is 0. The van der Waals surface area contributed by atoms with Gasteiger partial charge in [0, 0.05) is 0 Å². The quantitative estimate of drug-likeness (QED) is 0.733. The molecule has 0 fully saturated rings. The number of hydrogen-bond donors (Lipinski definition) is 1. The Hall–Kier alpha value is -0.560. The van der Waals surface area contributed by atoms with E-state index in [0.717, 1.165) is 12.8 Å². The van der Waals surface area contributed by atoms with E-state index in [4.69, 9.17) is 0 Å². The van der Waals surface area contributed by atoms with Crippen LogP contribution in [0.15, 0.2) is 23.3 Å². The molecule has 1 atom stereocenters. The maximum Gasteiger partial charge on any atom is 0.0585 e. The molecular formula is C14H24O. The predicted octanol–water partition coefficient (Wildman–Crippen LogP) is 3.70. The molecular weight excluding hydrogens is 184 g/mol. The molecule has 1 aliphatic rings. The highest BCUT2D eigenvalue weighted by Crippen LogP contribution is 2.40. The van der Waals surface area contributed by atoms with Gasteiger partial charge in [0.15, 0.2) is 0 Å². The number of allylic oxidation sites excluding steroid dienone is 3. The van der Waals surface area contributed by atoms with Crippen LogP contribution in [0.3, 0.4) is 0 Å². The van der Waals surface area contributed by atoms with Gasteiger partial charge < -0.3 is 5.11 Å². The van der Waals surface area contributed by atoms with E-state index in [-0.39, 0.29) is 11.5 Å². The molecule has 1 N–H and O–H groups in total. The fourth-order valence-corrected chi connectivity index (χ4v) is 2.47. The summed E-state index contributed by atoms with van der Waals surface area (Å²) >= 11 is 0. The minimum absolute atomic E-state index is 0.118. The van der Waals surface area contributed by atoms with Gasteiger partial charge in [-0.05, 0) is 36.7 Å². The van der Waals surface area contributed by atoms with Crippen LogP contribution in [0.2, 0.25) is 0 Å². The zero-order valence-corrected chi connectivity index (χ0v) is 10.7. The molecule has 0 amide bonds. The van der Waals surface area contributed by atoms with Gasteiger partial charge in [0.05, 0.1) is 6.10 Å². The van der Waals surface area contributed by atoms with E-state index in [2.05, 4.69) is 46.8 Å². The summed E-state index contributed by atoms with van der Waals surface area (Å²) in [5, 5.41) is 9.75. The van der Waals surface area contributed by atoms with Crippen molar-refractivity contribution in [2.45, 2.75) is 53.6 Å². The third-order valence-electron chi connectivity index (χ3n) is 3.12. The van der Waals surface area contributed by atoms with Crippen molar-refractivity contribution < 1.29 is 5.11 Å². The van der Waals surface area contributed by atoms with E-state index in [1.165, 1.54) is 11.1 Å². The zero-order chi connectivity index (χ0) is 11.6. The second-order valence-electron chi connectivity index (χ2n) is 5.74. The van der Waals surface area contributed by atoms with Crippen LogP contribution in [-0.4, -0.2) is 11.2 Å². The molecule has 1 aliphatic carbocycles. The first kappa shape index (κ1) is 12.5. The van der Waals surface area contributed by atoms with Gasteiger partial charge in [0.1, 0.15) is 0 Å². The molecule has 1 rings (SSSR count). The van der Waals surface area contributed by atoms with Crippen molar-refractivity contribution in [3.05, 3.63) is 23.3 Å². The Bertz CT molecular complexity index is 282. The minimum Gasteiger partial charge on any atom is -0.393 e. The molecule has 0 spiro atoms. The van der Waals surface area contributed by atoms with Crippen molar-refractivity contribution >= 4 is 0 Å². The number of aliphatic hydroxyl groups is 1. The fourth-order valence-electron chi connectivity index (χ4n) is 2.47. The van der Waals surface area contributed by atoms with Crippen LogP contribution in [0.5, 0.6) is 0 Å². The molecule has 0 saturated heterocycles. The largest absolute Gasteiger partial charge is 0.393 e. The third kappa shape index (κ3) is 3.20. The molecule has 0 bridgehead atoms. The van der Waals surface area contributed by atoms with Crippen LogP contribution in [0, 0.1) is 11.3 Å². The smallest absolute Gasteiger partial charge is 0.0585 e. The highest BCUT2D eigenvalue weighted by Gasteiger charge is 2.31. The topological polar surface area (TPSA) is 20.2 Å². The van der Waals surface area contributed by atoms with Crippen LogP contribution in [0.1, 0.15) is 47.5 Å². The maximum absolute atomic E-state index is 9.75. The third-order valence-corrected chi connectivity index (χ3v) is 3.12. The van der Waals surface area contributed by atoms with E-state index in [0.29, 0.717) is 5.92 Å². The van der Waals surface area contributed by atoms with Crippen LogP contribution >= 0.6 is 0 Å². The van der Waals surface area contributed by atoms with E-state index in [1.54, 1.807) is 0 Å². The molecule has 0 radical (unpaired) electrons. The summed E-state index contributed by atoms with van der Waals surface area (Å²) in [7, 11) is 0. The lowest BCUT2D eigenvalue weighted by atomic mass is 9.71. The molecule has 0 aromatic rings. The van der Waals surface area contributed by atoms with E-state index in [1.807, 2.05) is 0 Å². The van der Waals surface area contributed by atoms with Gasteiger partial charge in [-0.15, -0.1) is 0 Å². The standard InChI is InChI=1S/C14H24O/c1-10(2)6-7-13-11(3)8-12(15)9-14(13,4)5/h6-7,10,12,15H,8-9H2,1-5H3/b7-6+. The Labute approximate surface area is 93.9 Å². The molecule has 0 aromatic heterocycles. The fraction of sp³-hybridized carbons (Fsp3) is 0.714. The van der Waals surface area contributed by atoms with Gasteiger partial charge in [-0.2, -0.15) is 0 Å². The molecule has 0 aliphatic heterocycles. The molecule has 1 unspecified atom stereocenters. The second kappa shape index (κ2) is 4.52. The van der Waals surface area contributed by atoms with Crippen LogP contribution in [0.25, 0.3) is 0 Å². The average molecular weight is 208 g/mol. The second-order valence-corrected chi connectivity index (χ2v) is 5.74. The normalized spacial score (nSPS) is 26.7. The number of hydrogen-bond acceptors (Lipinski definition) is 1. The van der Waals surface area contributed by atoms with Crippen LogP contribution in [0.4, 0.5) is 0 Å². The Morgan fingerprint density at radius 2 is 2.00 bits per heavy atom. The maximum atomic E-state index is 9.75. The summed E-state index contributed by atoms with van der Waals surface area (Å²) < 4.78 is 0. The summed E-state index contributed by atoms with van der Waals surface area (Å²) in [6, 6.07) is 0. The monoisotopic (exact) mass is 208 g/mol. The van der Waals surface area contributed by atoms with Crippen molar-refractivity contribution in [2.24, 2.45) is 11.3 Å². The highest BCUT2D eigenvalue weighted by atomic mass is 16.3. The molecule has 15 heavy (non-hydrogen) atoms. The van der Waals surface area contributed by atoms with E-state index in [9.17, 15) is 5.11 Å². The Morgan fingerprint density at radius 1 is 1.40 bits per heavy atom. The summed E-state index contributed by atoms with van der Waals surface area (Å²) in [6.07, 6.45) is 6.06. The summed E-state index contributed by atoms with van der Waals surface area (Å²) in [6.45, 7) is 11.0. The van der Waals surface area contributed by atoms with Crippen molar-refractivity contribution in [3.8, 4) is 0 Å². The molecule has 1 heteroatoms. The van der Waals surface area contributed by atoms with E-state index >= 15 is 0 Å². The molecule has 0 heterocycles. The highest BCUT2D eigenvalue weighted by molar-refractivity contribution is 5.33. The van der Waals surface area contributed by atoms with Gasteiger partial charge >= 0.3 is 0 Å². The van der Waals surface area contributed by atoms with Crippen molar-refractivity contribution in [2.75, 3.05) is 0 Å². The lowest BCUT2D eigenvalue weighted by Crippen LogP contribution is -2.28. The zero-order valence-electron chi connectivity index (χ0n) is 10.7. The molecule has 1 nitrogen and oxygen atoms in total. The number of rotatable bonds is 2. The summed E-state index contributed by atoms with van der Waals surface area (Å²) in [5.74, 6) is 0.591. The van der Waals surface area contributed by atoms with Crippen LogP contribution < -0.4 is 0 Å². The van der Waals surface area contributed by atoms with Gasteiger partial charge in [0.2, 0.25) is 0 Å². The first-order chi connectivity index (χ1) is 6.83. The van der Waals surface area contributed by atoms with E-state index < -0.39 is 0 Å². The number of aliphatic hydroxyl groups excluding tert-OH is 1. The van der Waals surface area contributed by atoms with Gasteiger partial charge in [-0.1, -0.05) is 45.4 Å². The first-order valence-electron chi connectivity index (χ1n) is 5.89. The molecule has 86 valence electrons. The van der Waals surface area contributed by atoms with Gasteiger partial charge in [-0.3, -0.25) is 0 Å². The van der Waals surface area contributed by atoms with Gasteiger partial charge in [0.25, 0.3) is 0 Å². The predicted molar refractivity (Wildman–Crippen MR) is 65.7 cm³/mol. The minimum atomic E-state index is -0.156. The lowest BCUT2D eigenvalue weighted by Gasteiger charge is -2.35. The Balaban J connectivity index is 2.96. The van der Waals surface area contributed by atoms with Crippen molar-refractivity contribution in [1.29, 1.82) is 0 Å². The first-order valence-corrected chi connectivity index (χ1v) is 5.89. The Kier molecular flexibility index (Phi) is 3.77. The lowest BCUT2D eigenvalue weighted by molar-refractivity contribution is 0.116. The molecule has 0 aromatic carbocycles. The summed E-state index contributed by atoms with van der Waals surface area (Å²) in [5.41, 5.74) is 2.88.